The minimum atomic E-state index is -1.94. The highest BCUT2D eigenvalue weighted by Gasteiger charge is 2.56. The average Bonchev–Trinajstić information content (AvgIpc) is 3.13. The fraction of sp³-hybridized carbons (Fsp3) is 0.951. The molecule has 0 aliphatic carbocycles. The molecule has 14 nitrogen and oxygen atoms in total. The standard InChI is InChI=1S/C41H76N2O12/c1-15-30-41(10,48)34(46)26(6)32(44)22(2)20-39(8,49-13)35(55-38-33(45)28(43(11)12)19-23(3)52-38)24(4)31(25(5)37(47)54-30)29-21-40(9,50-14)36(27(7)53-29)51-18-16-17-42/h22-31,33-36,38,45-46,48H,15-21,42H2,1-14H3/t22-,23-,24+,25-,26+,27+,28+,29?,30-,31+,33-,34-,35-,36+,38+,39-,40-,41-/m1/s1. The zero-order chi connectivity index (χ0) is 41.8. The molecule has 0 spiro atoms. The summed E-state index contributed by atoms with van der Waals surface area (Å²) in [6, 6.07) is -0.260. The van der Waals surface area contributed by atoms with Crippen LogP contribution in [-0.2, 0) is 42.7 Å². The zero-order valence-electron chi connectivity index (χ0n) is 36.2. The number of Topliss-reactive ketones (excluding diaryl/α,β-unsaturated/α-hetero) is 1. The number of likely N-dealkylation sites (N-methyl/N-ethyl adjacent to an activating group) is 1. The molecular weight excluding hydrogens is 712 g/mol. The monoisotopic (exact) mass is 789 g/mol. The molecular formula is C41H76N2O12. The van der Waals surface area contributed by atoms with Crippen LogP contribution in [0.15, 0.2) is 0 Å². The lowest BCUT2D eigenvalue weighted by atomic mass is 9.67. The topological polar surface area (TPSA) is 189 Å². The lowest BCUT2D eigenvalue weighted by Gasteiger charge is -2.53. The Labute approximate surface area is 330 Å². The smallest absolute Gasteiger partial charge is 0.309 e. The number of hydrogen-bond acceptors (Lipinski definition) is 14. The highest BCUT2D eigenvalue weighted by atomic mass is 16.7. The molecule has 322 valence electrons. The molecule has 3 saturated heterocycles. The van der Waals surface area contributed by atoms with E-state index in [1.165, 1.54) is 6.92 Å². The largest absolute Gasteiger partial charge is 0.459 e. The van der Waals surface area contributed by atoms with Crippen molar-refractivity contribution in [3.63, 3.8) is 0 Å². The Bertz CT molecular complexity index is 1240. The first-order chi connectivity index (χ1) is 25.5. The lowest BCUT2D eigenvalue weighted by Crippen LogP contribution is -2.63. The van der Waals surface area contributed by atoms with Crippen LogP contribution < -0.4 is 5.73 Å². The molecule has 3 heterocycles. The van der Waals surface area contributed by atoms with Gasteiger partial charge in [-0.2, -0.15) is 0 Å². The first kappa shape index (κ1) is 48.1. The van der Waals surface area contributed by atoms with Crippen molar-refractivity contribution in [2.24, 2.45) is 35.3 Å². The van der Waals surface area contributed by atoms with Crippen LogP contribution in [0.1, 0.15) is 101 Å². The fourth-order valence-electron chi connectivity index (χ4n) is 9.73. The minimum absolute atomic E-state index is 0.156. The van der Waals surface area contributed by atoms with E-state index in [1.807, 2.05) is 53.6 Å². The van der Waals surface area contributed by atoms with Gasteiger partial charge < -0.3 is 59.1 Å². The van der Waals surface area contributed by atoms with Crippen molar-refractivity contribution in [2.45, 2.75) is 179 Å². The first-order valence-electron chi connectivity index (χ1n) is 20.4. The molecule has 0 radical (unpaired) electrons. The van der Waals surface area contributed by atoms with Gasteiger partial charge in [-0.05, 0) is 86.9 Å². The van der Waals surface area contributed by atoms with Crippen LogP contribution in [0.2, 0.25) is 0 Å². The van der Waals surface area contributed by atoms with Crippen molar-refractivity contribution in [2.75, 3.05) is 41.5 Å². The molecule has 0 aromatic heterocycles. The Hall–Kier alpha value is -1.30. The third kappa shape index (κ3) is 10.5. The van der Waals surface area contributed by atoms with Crippen LogP contribution in [0.25, 0.3) is 0 Å². The molecule has 18 atom stereocenters. The normalized spacial score (nSPS) is 47.0. The summed E-state index contributed by atoms with van der Waals surface area (Å²) in [6.45, 7) is 18.9. The van der Waals surface area contributed by atoms with E-state index < -0.39 is 101 Å². The van der Waals surface area contributed by atoms with Crippen LogP contribution in [0, 0.1) is 29.6 Å². The van der Waals surface area contributed by atoms with Crippen molar-refractivity contribution in [1.82, 2.24) is 4.90 Å². The molecule has 0 aromatic rings. The molecule has 0 aromatic carbocycles. The minimum Gasteiger partial charge on any atom is -0.459 e. The van der Waals surface area contributed by atoms with Gasteiger partial charge in [0.25, 0.3) is 0 Å². The molecule has 1 unspecified atom stereocenters. The molecule has 3 aliphatic rings. The van der Waals surface area contributed by atoms with Gasteiger partial charge in [0.05, 0.1) is 47.6 Å². The Morgan fingerprint density at radius 3 is 2.05 bits per heavy atom. The number of carbonyl (C=O) groups excluding carboxylic acids is 2. The van der Waals surface area contributed by atoms with Crippen molar-refractivity contribution in [3.8, 4) is 0 Å². The summed E-state index contributed by atoms with van der Waals surface area (Å²) in [7, 11) is 7.00. The second-order valence-electron chi connectivity index (χ2n) is 17.7. The van der Waals surface area contributed by atoms with Crippen molar-refractivity contribution >= 4 is 11.8 Å². The number of aliphatic hydroxyl groups excluding tert-OH is 2. The second-order valence-corrected chi connectivity index (χ2v) is 17.7. The SMILES string of the molecule is CC[C@H]1OC(=O)[C@H](C)[C@@H](C2C[C@@](C)(OC)[C@@H](OCCCN)[C@H](C)O2)[C@H](C)[C@@H](O[C@@H]2O[C@H](C)C[C@H](N(C)C)[C@H]2O)[C@](C)(OC)C[C@@H](C)C(=O)[C@H](C)[C@@H](O)[C@]1(C)O. The number of esters is 1. The quantitative estimate of drug-likeness (QED) is 0.177. The van der Waals surface area contributed by atoms with Gasteiger partial charge >= 0.3 is 5.97 Å². The summed E-state index contributed by atoms with van der Waals surface area (Å²) in [5, 5.41) is 35.0. The maximum atomic E-state index is 14.5. The maximum Gasteiger partial charge on any atom is 0.309 e. The maximum absolute atomic E-state index is 14.5. The number of hydrogen-bond donors (Lipinski definition) is 4. The van der Waals surface area contributed by atoms with Crippen LogP contribution >= 0.6 is 0 Å². The number of rotatable bonds is 11. The predicted octanol–water partition coefficient (Wildman–Crippen LogP) is 3.09. The summed E-state index contributed by atoms with van der Waals surface area (Å²) in [5.74, 6) is -4.59. The van der Waals surface area contributed by atoms with E-state index in [1.54, 1.807) is 41.9 Å². The number of carbonyl (C=O) groups is 2. The number of ether oxygens (including phenoxy) is 7. The molecule has 0 bridgehead atoms. The van der Waals surface area contributed by atoms with E-state index in [0.29, 0.717) is 32.4 Å². The predicted molar refractivity (Wildman–Crippen MR) is 207 cm³/mol. The van der Waals surface area contributed by atoms with Gasteiger partial charge in [0.15, 0.2) is 6.29 Å². The summed E-state index contributed by atoms with van der Waals surface area (Å²) >= 11 is 0. The van der Waals surface area contributed by atoms with E-state index >= 15 is 0 Å². The van der Waals surface area contributed by atoms with Gasteiger partial charge in [-0.1, -0.05) is 34.6 Å². The van der Waals surface area contributed by atoms with E-state index in [4.69, 9.17) is 38.9 Å². The van der Waals surface area contributed by atoms with E-state index in [-0.39, 0.29) is 30.8 Å². The molecule has 14 heteroatoms. The number of nitrogens with two attached hydrogens (primary N) is 1. The number of methoxy groups -OCH3 is 2. The molecule has 55 heavy (non-hydrogen) atoms. The van der Waals surface area contributed by atoms with E-state index in [9.17, 15) is 24.9 Å². The highest BCUT2D eigenvalue weighted by molar-refractivity contribution is 5.83. The second kappa shape index (κ2) is 19.6. The van der Waals surface area contributed by atoms with Crippen molar-refractivity contribution in [1.29, 1.82) is 0 Å². The Morgan fingerprint density at radius 2 is 1.51 bits per heavy atom. The third-order valence-corrected chi connectivity index (χ3v) is 13.2. The third-order valence-electron chi connectivity index (χ3n) is 13.2. The number of aliphatic hydroxyl groups is 3. The molecule has 0 saturated carbocycles. The van der Waals surface area contributed by atoms with Gasteiger partial charge in [-0.25, -0.2) is 0 Å². The van der Waals surface area contributed by atoms with Crippen LogP contribution in [0.5, 0.6) is 0 Å². The Kier molecular flexibility index (Phi) is 17.2. The van der Waals surface area contributed by atoms with Crippen LogP contribution in [0.4, 0.5) is 0 Å². The molecule has 3 fully saturated rings. The lowest BCUT2D eigenvalue weighted by molar-refractivity contribution is -0.305. The summed E-state index contributed by atoms with van der Waals surface area (Å²) < 4.78 is 45.1. The van der Waals surface area contributed by atoms with Gasteiger partial charge in [-0.15, -0.1) is 0 Å². The number of ketones is 1. The first-order valence-corrected chi connectivity index (χ1v) is 20.4. The van der Waals surface area contributed by atoms with E-state index in [2.05, 4.69) is 0 Å². The molecule has 3 rings (SSSR count). The molecule has 5 N–H and O–H groups in total. The van der Waals surface area contributed by atoms with Crippen LogP contribution in [-0.4, -0.2) is 151 Å². The average molecular weight is 789 g/mol. The summed E-state index contributed by atoms with van der Waals surface area (Å²) in [4.78, 5) is 30.5. The fourth-order valence-corrected chi connectivity index (χ4v) is 9.73. The van der Waals surface area contributed by atoms with Gasteiger partial charge in [0.1, 0.15) is 29.7 Å². The molecule has 0 amide bonds. The van der Waals surface area contributed by atoms with Crippen LogP contribution in [0.3, 0.4) is 0 Å². The summed E-state index contributed by atoms with van der Waals surface area (Å²) in [5.41, 5.74) is 1.81. The van der Waals surface area contributed by atoms with Gasteiger partial charge in [0.2, 0.25) is 0 Å². The summed E-state index contributed by atoms with van der Waals surface area (Å²) in [6.07, 6.45) is -5.42. The van der Waals surface area contributed by atoms with Crippen molar-refractivity contribution in [3.05, 3.63) is 0 Å². The number of cyclic esters (lactones) is 1. The highest BCUT2D eigenvalue weighted by Crippen LogP contribution is 2.46. The Balaban J connectivity index is 2.27. The Morgan fingerprint density at radius 1 is 0.909 bits per heavy atom. The van der Waals surface area contributed by atoms with Gasteiger partial charge in [0, 0.05) is 51.0 Å². The van der Waals surface area contributed by atoms with Crippen molar-refractivity contribution < 1.29 is 58.1 Å². The number of nitrogens with zero attached hydrogens (tertiary/aromatic N) is 1. The van der Waals surface area contributed by atoms with Gasteiger partial charge in [-0.3, -0.25) is 9.59 Å². The van der Waals surface area contributed by atoms with E-state index in [0.717, 1.165) is 0 Å². The zero-order valence-corrected chi connectivity index (χ0v) is 36.2. The molecule has 3 aliphatic heterocycles.